The van der Waals surface area contributed by atoms with E-state index in [1.807, 2.05) is 18.2 Å². The number of amides is 2. The average molecular weight is 297 g/mol. The number of likely N-dealkylation sites (tertiary alicyclic amines) is 1. The maximum atomic E-state index is 12.0. The second-order valence-corrected chi connectivity index (χ2v) is 5.69. The molecule has 0 spiro atoms. The van der Waals surface area contributed by atoms with Gasteiger partial charge in [-0.3, -0.25) is 4.79 Å². The fourth-order valence-corrected chi connectivity index (χ4v) is 2.44. The molecule has 108 valence electrons. The number of nitrogens with zero attached hydrogens (tertiary/aromatic N) is 1. The molecule has 1 aromatic carbocycles. The molecule has 1 heterocycles. The van der Waals surface area contributed by atoms with E-state index in [2.05, 4.69) is 5.32 Å². The Morgan fingerprint density at radius 1 is 1.45 bits per heavy atom. The molecule has 0 aromatic heterocycles. The summed E-state index contributed by atoms with van der Waals surface area (Å²) in [6, 6.07) is 7.03. The Labute approximate surface area is 122 Å². The topological polar surface area (TPSA) is 69.6 Å². The maximum Gasteiger partial charge on any atom is 0.317 e. The molecule has 0 aliphatic carbocycles. The van der Waals surface area contributed by atoms with Crippen LogP contribution in [0.1, 0.15) is 18.9 Å². The van der Waals surface area contributed by atoms with Gasteiger partial charge in [0.2, 0.25) is 0 Å². The van der Waals surface area contributed by atoms with E-state index < -0.39 is 11.4 Å². The number of carboxylic acid groups (broad SMARTS) is 1. The van der Waals surface area contributed by atoms with E-state index in [-0.39, 0.29) is 12.6 Å². The van der Waals surface area contributed by atoms with Gasteiger partial charge in [-0.2, -0.15) is 0 Å². The molecule has 2 N–H and O–H groups in total. The van der Waals surface area contributed by atoms with Gasteiger partial charge in [0, 0.05) is 24.7 Å². The highest BCUT2D eigenvalue weighted by molar-refractivity contribution is 6.31. The van der Waals surface area contributed by atoms with E-state index in [4.69, 9.17) is 16.7 Å². The molecule has 6 heteroatoms. The van der Waals surface area contributed by atoms with Crippen LogP contribution in [0.3, 0.4) is 0 Å². The largest absolute Gasteiger partial charge is 0.481 e. The Kier molecular flexibility index (Phi) is 4.18. The minimum absolute atomic E-state index is 0.233. The lowest BCUT2D eigenvalue weighted by Gasteiger charge is -2.20. The first-order valence-electron chi connectivity index (χ1n) is 6.42. The molecule has 1 unspecified atom stereocenters. The number of urea groups is 1. The van der Waals surface area contributed by atoms with Crippen LogP contribution in [0.25, 0.3) is 0 Å². The summed E-state index contributed by atoms with van der Waals surface area (Å²) < 4.78 is 0. The molecule has 1 aliphatic heterocycles. The van der Waals surface area contributed by atoms with Crippen LogP contribution in [0.5, 0.6) is 0 Å². The number of carbonyl (C=O) groups excluding carboxylic acids is 1. The number of hydrogen-bond donors (Lipinski definition) is 2. The first-order valence-corrected chi connectivity index (χ1v) is 6.80. The van der Waals surface area contributed by atoms with E-state index in [1.165, 1.54) is 4.90 Å². The number of aliphatic carboxylic acids is 1. The molecule has 1 fully saturated rings. The number of rotatable bonds is 3. The molecule has 5 nitrogen and oxygen atoms in total. The van der Waals surface area contributed by atoms with Gasteiger partial charge < -0.3 is 15.3 Å². The number of carbonyl (C=O) groups is 2. The molecular weight excluding hydrogens is 280 g/mol. The summed E-state index contributed by atoms with van der Waals surface area (Å²) in [5, 5.41) is 12.5. The second-order valence-electron chi connectivity index (χ2n) is 5.29. The van der Waals surface area contributed by atoms with Gasteiger partial charge in [-0.1, -0.05) is 29.8 Å². The zero-order chi connectivity index (χ0) is 14.8. The summed E-state index contributed by atoms with van der Waals surface area (Å²) in [4.78, 5) is 24.7. The third-order valence-corrected chi connectivity index (χ3v) is 4.03. The second kappa shape index (κ2) is 5.71. The van der Waals surface area contributed by atoms with Gasteiger partial charge in [-0.25, -0.2) is 4.79 Å². The Balaban J connectivity index is 1.91. The van der Waals surface area contributed by atoms with Gasteiger partial charge >= 0.3 is 12.0 Å². The molecule has 1 aliphatic rings. The molecular formula is C14H17ClN2O3. The summed E-state index contributed by atoms with van der Waals surface area (Å²) in [6.45, 7) is 2.68. The predicted octanol–water partition coefficient (Wildman–Crippen LogP) is 2.35. The van der Waals surface area contributed by atoms with Crippen LogP contribution < -0.4 is 5.32 Å². The summed E-state index contributed by atoms with van der Waals surface area (Å²) in [6.07, 6.45) is 0.474. The van der Waals surface area contributed by atoms with Crippen molar-refractivity contribution in [1.82, 2.24) is 10.2 Å². The maximum absolute atomic E-state index is 12.0. The van der Waals surface area contributed by atoms with Crippen molar-refractivity contribution in [1.29, 1.82) is 0 Å². The van der Waals surface area contributed by atoms with E-state index in [0.29, 0.717) is 24.5 Å². The van der Waals surface area contributed by atoms with Crippen LogP contribution in [-0.2, 0) is 11.3 Å². The van der Waals surface area contributed by atoms with Gasteiger partial charge in [0.05, 0.1) is 5.41 Å². The first kappa shape index (κ1) is 14.7. The van der Waals surface area contributed by atoms with Gasteiger partial charge in [-0.05, 0) is 25.0 Å². The van der Waals surface area contributed by atoms with Gasteiger partial charge in [0.1, 0.15) is 0 Å². The Bertz CT molecular complexity index is 535. The quantitative estimate of drug-likeness (QED) is 0.899. The van der Waals surface area contributed by atoms with Crippen LogP contribution in [0.15, 0.2) is 24.3 Å². The minimum Gasteiger partial charge on any atom is -0.481 e. The molecule has 1 atom stereocenters. The van der Waals surface area contributed by atoms with Crippen LogP contribution in [0, 0.1) is 5.41 Å². The molecule has 0 bridgehead atoms. The summed E-state index contributed by atoms with van der Waals surface area (Å²) in [5.74, 6) is -0.862. The number of carboxylic acids is 1. The predicted molar refractivity (Wildman–Crippen MR) is 75.6 cm³/mol. The molecule has 20 heavy (non-hydrogen) atoms. The summed E-state index contributed by atoms with van der Waals surface area (Å²) >= 11 is 6.01. The van der Waals surface area contributed by atoms with Crippen molar-refractivity contribution in [3.8, 4) is 0 Å². The van der Waals surface area contributed by atoms with E-state index in [1.54, 1.807) is 13.0 Å². The molecule has 1 saturated heterocycles. The van der Waals surface area contributed by atoms with Gasteiger partial charge in [-0.15, -0.1) is 0 Å². The monoisotopic (exact) mass is 296 g/mol. The van der Waals surface area contributed by atoms with Crippen molar-refractivity contribution in [2.24, 2.45) is 5.41 Å². The van der Waals surface area contributed by atoms with E-state index >= 15 is 0 Å². The van der Waals surface area contributed by atoms with Crippen LogP contribution in [0.4, 0.5) is 4.79 Å². The minimum atomic E-state index is -0.862. The Morgan fingerprint density at radius 2 is 2.15 bits per heavy atom. The van der Waals surface area contributed by atoms with Crippen molar-refractivity contribution in [2.75, 3.05) is 13.1 Å². The lowest BCUT2D eigenvalue weighted by molar-refractivity contribution is -0.146. The summed E-state index contributed by atoms with van der Waals surface area (Å²) in [5.41, 5.74) is -0.00966. The molecule has 0 radical (unpaired) electrons. The third kappa shape index (κ3) is 3.04. The molecule has 2 amide bonds. The van der Waals surface area contributed by atoms with Crippen molar-refractivity contribution in [3.05, 3.63) is 34.9 Å². The van der Waals surface area contributed by atoms with Crippen LogP contribution in [0.2, 0.25) is 5.02 Å². The molecule has 2 rings (SSSR count). The smallest absolute Gasteiger partial charge is 0.317 e. The first-order chi connectivity index (χ1) is 9.42. The Morgan fingerprint density at radius 3 is 2.75 bits per heavy atom. The van der Waals surface area contributed by atoms with Crippen LogP contribution in [-0.4, -0.2) is 35.1 Å². The number of hydrogen-bond acceptors (Lipinski definition) is 2. The zero-order valence-electron chi connectivity index (χ0n) is 11.2. The van der Waals surface area contributed by atoms with Gasteiger partial charge in [0.15, 0.2) is 0 Å². The highest BCUT2D eigenvalue weighted by atomic mass is 35.5. The lowest BCUT2D eigenvalue weighted by Crippen LogP contribution is -2.40. The van der Waals surface area contributed by atoms with Crippen molar-refractivity contribution >= 4 is 23.6 Å². The van der Waals surface area contributed by atoms with Gasteiger partial charge in [0.25, 0.3) is 0 Å². The van der Waals surface area contributed by atoms with E-state index in [9.17, 15) is 9.59 Å². The fourth-order valence-electron chi connectivity index (χ4n) is 2.23. The lowest BCUT2D eigenvalue weighted by atomic mass is 9.90. The SMILES string of the molecule is CC1(C(=O)O)CCN(C(=O)NCc2ccccc2Cl)C1. The Hall–Kier alpha value is -1.75. The number of nitrogens with one attached hydrogen (secondary N) is 1. The van der Waals surface area contributed by atoms with Crippen molar-refractivity contribution in [2.45, 2.75) is 19.9 Å². The molecule has 0 saturated carbocycles. The van der Waals surface area contributed by atoms with Crippen molar-refractivity contribution in [3.63, 3.8) is 0 Å². The highest BCUT2D eigenvalue weighted by Gasteiger charge is 2.42. The molecule has 1 aromatic rings. The zero-order valence-corrected chi connectivity index (χ0v) is 12.0. The van der Waals surface area contributed by atoms with E-state index in [0.717, 1.165) is 5.56 Å². The van der Waals surface area contributed by atoms with Crippen LogP contribution >= 0.6 is 11.6 Å². The third-order valence-electron chi connectivity index (χ3n) is 3.66. The summed E-state index contributed by atoms with van der Waals surface area (Å²) in [7, 11) is 0. The number of halogens is 1. The normalized spacial score (nSPS) is 21.8. The van der Waals surface area contributed by atoms with Crippen molar-refractivity contribution < 1.29 is 14.7 Å². The average Bonchev–Trinajstić information content (AvgIpc) is 2.82. The number of benzene rings is 1. The fraction of sp³-hybridized carbons (Fsp3) is 0.429. The standard InChI is InChI=1S/C14H17ClN2O3/c1-14(12(18)19)6-7-17(9-14)13(20)16-8-10-4-2-3-5-11(10)15/h2-5H,6-9H2,1H3,(H,16,20)(H,18,19). The highest BCUT2D eigenvalue weighted by Crippen LogP contribution is 2.30.